The van der Waals surface area contributed by atoms with Crippen molar-refractivity contribution in [1.82, 2.24) is 4.90 Å². The molecule has 0 N–H and O–H groups in total. The summed E-state index contributed by atoms with van der Waals surface area (Å²) in [5.74, 6) is 2.59. The van der Waals surface area contributed by atoms with Gasteiger partial charge in [0.25, 0.3) is 0 Å². The van der Waals surface area contributed by atoms with Crippen LogP contribution in [0, 0.1) is 0 Å². The van der Waals surface area contributed by atoms with Crippen molar-refractivity contribution in [3.8, 4) is 17.2 Å². The number of benzene rings is 2. The number of likely N-dealkylation sites (N-methyl/N-ethyl adjacent to an activating group) is 1. The minimum absolute atomic E-state index is 0.0928. The summed E-state index contributed by atoms with van der Waals surface area (Å²) in [6.07, 6.45) is 7.41. The first-order valence-electron chi connectivity index (χ1n) is 9.79. The number of nitrogens with zero attached hydrogens (tertiary/aromatic N) is 2. The van der Waals surface area contributed by atoms with Crippen molar-refractivity contribution in [3.05, 3.63) is 65.7 Å². The van der Waals surface area contributed by atoms with Crippen molar-refractivity contribution < 1.29 is 14.2 Å². The second kappa shape index (κ2) is 9.61. The van der Waals surface area contributed by atoms with Gasteiger partial charge in [0.15, 0.2) is 11.5 Å². The molecular formula is C24H30N2O3. The second-order valence-corrected chi connectivity index (χ2v) is 7.38. The summed E-state index contributed by atoms with van der Waals surface area (Å²) >= 11 is 0. The van der Waals surface area contributed by atoms with E-state index in [2.05, 4.69) is 43.3 Å². The molecule has 0 saturated carbocycles. The van der Waals surface area contributed by atoms with Gasteiger partial charge in [-0.2, -0.15) is 0 Å². The van der Waals surface area contributed by atoms with Crippen LogP contribution in [0.5, 0.6) is 17.2 Å². The van der Waals surface area contributed by atoms with Gasteiger partial charge in [-0.05, 0) is 68.0 Å². The van der Waals surface area contributed by atoms with E-state index in [-0.39, 0.29) is 18.0 Å². The van der Waals surface area contributed by atoms with Crippen LogP contribution in [0.3, 0.4) is 0 Å². The minimum Gasteiger partial charge on any atom is -0.497 e. The van der Waals surface area contributed by atoms with Gasteiger partial charge < -0.3 is 19.1 Å². The van der Waals surface area contributed by atoms with Crippen LogP contribution in [0.2, 0.25) is 0 Å². The zero-order valence-electron chi connectivity index (χ0n) is 17.8. The van der Waals surface area contributed by atoms with Crippen LogP contribution in [-0.4, -0.2) is 58.6 Å². The van der Waals surface area contributed by atoms with Gasteiger partial charge in [0.2, 0.25) is 0 Å². The lowest BCUT2D eigenvalue weighted by molar-refractivity contribution is 0.270. The van der Waals surface area contributed by atoms with Crippen LogP contribution in [0.15, 0.2) is 59.6 Å². The van der Waals surface area contributed by atoms with Crippen molar-refractivity contribution >= 4 is 6.21 Å². The molecule has 0 aromatic heterocycles. The van der Waals surface area contributed by atoms with E-state index in [0.717, 1.165) is 29.2 Å². The zero-order valence-corrected chi connectivity index (χ0v) is 17.8. The molecule has 154 valence electrons. The molecule has 0 aliphatic heterocycles. The monoisotopic (exact) mass is 394 g/mol. The Kier molecular flexibility index (Phi) is 6.94. The zero-order chi connectivity index (χ0) is 20.8. The molecule has 2 aromatic carbocycles. The Balaban J connectivity index is 1.93. The fraction of sp³-hybridized carbons (Fsp3) is 0.375. The lowest BCUT2D eigenvalue weighted by atomic mass is 9.80. The van der Waals surface area contributed by atoms with Crippen molar-refractivity contribution in [2.75, 3.05) is 35.4 Å². The van der Waals surface area contributed by atoms with Crippen molar-refractivity contribution in [3.63, 3.8) is 0 Å². The van der Waals surface area contributed by atoms with Crippen molar-refractivity contribution in [1.29, 1.82) is 0 Å². The van der Waals surface area contributed by atoms with Crippen molar-refractivity contribution in [2.24, 2.45) is 4.99 Å². The maximum atomic E-state index is 5.52. The van der Waals surface area contributed by atoms with Gasteiger partial charge >= 0.3 is 0 Å². The van der Waals surface area contributed by atoms with Crippen LogP contribution < -0.4 is 14.2 Å². The number of aliphatic imine (C=N–C) groups is 1. The molecule has 5 nitrogen and oxygen atoms in total. The van der Waals surface area contributed by atoms with E-state index in [1.54, 1.807) is 21.3 Å². The molecule has 3 rings (SSSR count). The van der Waals surface area contributed by atoms with E-state index < -0.39 is 0 Å². The number of methoxy groups -OCH3 is 3. The second-order valence-electron chi connectivity index (χ2n) is 7.38. The average Bonchev–Trinajstić information content (AvgIpc) is 2.77. The summed E-state index contributed by atoms with van der Waals surface area (Å²) in [5.41, 5.74) is 2.26. The summed E-state index contributed by atoms with van der Waals surface area (Å²) in [7, 11) is 9.20. The largest absolute Gasteiger partial charge is 0.497 e. The topological polar surface area (TPSA) is 43.3 Å². The molecule has 0 amide bonds. The molecule has 5 heteroatoms. The molecule has 0 bridgehead atoms. The van der Waals surface area contributed by atoms with Crippen LogP contribution in [-0.2, 0) is 0 Å². The van der Waals surface area contributed by atoms with E-state index in [1.807, 2.05) is 36.5 Å². The van der Waals surface area contributed by atoms with E-state index >= 15 is 0 Å². The molecule has 1 aliphatic carbocycles. The van der Waals surface area contributed by atoms with Gasteiger partial charge in [-0.15, -0.1) is 0 Å². The minimum atomic E-state index is 0.0928. The fourth-order valence-corrected chi connectivity index (χ4v) is 3.80. The quantitative estimate of drug-likeness (QED) is 0.522. The number of hydrogen-bond acceptors (Lipinski definition) is 5. The predicted octanol–water partition coefficient (Wildman–Crippen LogP) is 4.17. The van der Waals surface area contributed by atoms with Crippen LogP contribution in [0.25, 0.3) is 0 Å². The third-order valence-corrected chi connectivity index (χ3v) is 5.43. The molecule has 1 unspecified atom stereocenters. The highest BCUT2D eigenvalue weighted by Gasteiger charge is 2.32. The van der Waals surface area contributed by atoms with E-state index in [9.17, 15) is 0 Å². The standard InChI is InChI=1S/C24H30N2O3/c1-26(2)21-8-6-7-20(18-11-14-22(28-4)23(15-18)29-5)24(21)25-16-17-9-12-19(27-3)13-10-17/h6,8-16,20-21,24H,7H2,1-5H3/t20-,21-,24?/m0/s1. The molecule has 0 spiro atoms. The van der Waals surface area contributed by atoms with Gasteiger partial charge in [0.05, 0.1) is 33.4 Å². The Bertz CT molecular complexity index is 859. The van der Waals surface area contributed by atoms with Crippen molar-refractivity contribution in [2.45, 2.75) is 24.4 Å². The Morgan fingerprint density at radius 3 is 2.28 bits per heavy atom. The van der Waals surface area contributed by atoms with E-state index in [1.165, 1.54) is 5.56 Å². The highest BCUT2D eigenvalue weighted by atomic mass is 16.5. The Morgan fingerprint density at radius 2 is 1.66 bits per heavy atom. The first kappa shape index (κ1) is 20.9. The van der Waals surface area contributed by atoms with Gasteiger partial charge in [-0.1, -0.05) is 18.2 Å². The molecular weight excluding hydrogens is 364 g/mol. The Labute approximate surface area is 173 Å². The van der Waals surface area contributed by atoms with E-state index in [4.69, 9.17) is 19.2 Å². The smallest absolute Gasteiger partial charge is 0.160 e. The van der Waals surface area contributed by atoms with Gasteiger partial charge in [0.1, 0.15) is 5.75 Å². The summed E-state index contributed by atoms with van der Waals surface area (Å²) in [5, 5.41) is 0. The average molecular weight is 395 g/mol. The fourth-order valence-electron chi connectivity index (χ4n) is 3.80. The maximum absolute atomic E-state index is 5.52. The lowest BCUT2D eigenvalue weighted by Gasteiger charge is -2.36. The lowest BCUT2D eigenvalue weighted by Crippen LogP contribution is -2.42. The number of hydrogen-bond donors (Lipinski definition) is 0. The maximum Gasteiger partial charge on any atom is 0.160 e. The first-order valence-corrected chi connectivity index (χ1v) is 9.79. The third-order valence-electron chi connectivity index (χ3n) is 5.43. The Hall–Kier alpha value is -2.79. The molecule has 0 heterocycles. The number of ether oxygens (including phenoxy) is 3. The van der Waals surface area contributed by atoms with Crippen LogP contribution in [0.1, 0.15) is 23.5 Å². The van der Waals surface area contributed by atoms with Crippen LogP contribution in [0.4, 0.5) is 0 Å². The summed E-state index contributed by atoms with van der Waals surface area (Å²) in [6, 6.07) is 14.4. The number of rotatable bonds is 7. The summed E-state index contributed by atoms with van der Waals surface area (Å²) in [6.45, 7) is 0. The third kappa shape index (κ3) is 4.80. The highest BCUT2D eigenvalue weighted by Crippen LogP contribution is 2.37. The molecule has 29 heavy (non-hydrogen) atoms. The predicted molar refractivity (Wildman–Crippen MR) is 118 cm³/mol. The summed E-state index contributed by atoms with van der Waals surface area (Å²) in [4.78, 5) is 7.26. The first-order chi connectivity index (χ1) is 14.1. The molecule has 0 radical (unpaired) electrons. The van der Waals surface area contributed by atoms with E-state index in [0.29, 0.717) is 0 Å². The van der Waals surface area contributed by atoms with Gasteiger partial charge in [-0.25, -0.2) is 0 Å². The highest BCUT2D eigenvalue weighted by molar-refractivity contribution is 5.80. The van der Waals surface area contributed by atoms with Gasteiger partial charge in [-0.3, -0.25) is 4.99 Å². The summed E-state index contributed by atoms with van der Waals surface area (Å²) < 4.78 is 16.2. The van der Waals surface area contributed by atoms with Gasteiger partial charge in [0, 0.05) is 12.1 Å². The molecule has 1 aliphatic rings. The molecule has 3 atom stereocenters. The molecule has 0 fully saturated rings. The Morgan fingerprint density at radius 1 is 0.931 bits per heavy atom. The van der Waals surface area contributed by atoms with Crippen LogP contribution >= 0.6 is 0 Å². The molecule has 2 aromatic rings. The normalized spacial score (nSPS) is 21.5. The SMILES string of the molecule is COc1ccc(C=NC2[C@H](c3ccc(OC)c(OC)c3)CC=C[C@@H]2N(C)C)cc1. The molecule has 0 saturated heterocycles. The number of allylic oxidation sites excluding steroid dienone is 1.